The SMILES string of the molecule is CC(=O)C(CCCCNC(=O)C(CCCCNC(=O)OC(C)(C)C)NC(=O)OC(C)(C)C)NC(=O)C(CCCCNC(=O)OC(C)(C)C)NC(=O)OC(C)(C)C. The Kier molecular flexibility index (Phi) is 22.5. The Morgan fingerprint density at radius 2 is 0.696 bits per heavy atom. The average molecular weight is 801 g/mol. The summed E-state index contributed by atoms with van der Waals surface area (Å²) in [4.78, 5) is 88.0. The van der Waals surface area contributed by atoms with Crippen molar-refractivity contribution in [1.82, 2.24) is 31.9 Å². The normalized spacial score (nSPS) is 13.5. The van der Waals surface area contributed by atoms with E-state index in [1.54, 1.807) is 83.1 Å². The lowest BCUT2D eigenvalue weighted by Gasteiger charge is -2.25. The molecule has 6 N–H and O–H groups in total. The molecule has 0 rings (SSSR count). The third kappa shape index (κ3) is 29.0. The molecule has 0 bridgehead atoms. The van der Waals surface area contributed by atoms with Crippen molar-refractivity contribution in [3.05, 3.63) is 0 Å². The van der Waals surface area contributed by atoms with E-state index in [0.717, 1.165) is 0 Å². The monoisotopic (exact) mass is 801 g/mol. The van der Waals surface area contributed by atoms with Gasteiger partial charge in [-0.3, -0.25) is 14.4 Å². The lowest BCUT2D eigenvalue weighted by atomic mass is 10.0. The van der Waals surface area contributed by atoms with Crippen molar-refractivity contribution in [2.24, 2.45) is 0 Å². The standard InChI is InChI=1S/C39H72N6O11/c1-26(46)27(43-31(48)29(45-35(52)56-39(11,12)13)22-16-19-25-42-33(50)54-37(5,6)7)20-14-17-23-40-30(47)28(44-34(51)55-38(8,9)10)21-15-18-24-41-32(49)53-36(2,3)4/h27-29H,14-25H2,1-13H3,(H,40,47)(H,41,49)(H,42,50)(H,43,48)(H,44,51)(H,45,52). The average Bonchev–Trinajstić information content (AvgIpc) is 2.98. The summed E-state index contributed by atoms with van der Waals surface area (Å²) in [7, 11) is 0. The highest BCUT2D eigenvalue weighted by atomic mass is 16.6. The minimum atomic E-state index is -1.00. The molecule has 0 aliphatic carbocycles. The van der Waals surface area contributed by atoms with Crippen molar-refractivity contribution < 1.29 is 52.5 Å². The number of rotatable bonds is 21. The first-order valence-corrected chi connectivity index (χ1v) is 19.6. The van der Waals surface area contributed by atoms with Crippen LogP contribution in [0.4, 0.5) is 19.2 Å². The van der Waals surface area contributed by atoms with Crippen LogP contribution < -0.4 is 31.9 Å². The number of amides is 6. The van der Waals surface area contributed by atoms with Crippen LogP contribution in [0, 0.1) is 0 Å². The second-order valence-corrected chi connectivity index (χ2v) is 17.7. The molecule has 0 aliphatic heterocycles. The van der Waals surface area contributed by atoms with E-state index in [0.29, 0.717) is 51.6 Å². The summed E-state index contributed by atoms with van der Waals surface area (Å²) in [5.74, 6) is -1.24. The zero-order valence-electron chi connectivity index (χ0n) is 36.2. The van der Waals surface area contributed by atoms with Gasteiger partial charge in [-0.15, -0.1) is 0 Å². The Labute approximate surface area is 333 Å². The van der Waals surface area contributed by atoms with E-state index in [2.05, 4.69) is 31.9 Å². The number of hydrogen-bond acceptors (Lipinski definition) is 11. The number of nitrogens with one attached hydrogen (secondary N) is 6. The highest BCUT2D eigenvalue weighted by Gasteiger charge is 2.28. The zero-order valence-corrected chi connectivity index (χ0v) is 36.2. The first-order chi connectivity index (χ1) is 25.6. The summed E-state index contributed by atoms with van der Waals surface area (Å²) >= 11 is 0. The van der Waals surface area contributed by atoms with Crippen molar-refractivity contribution >= 4 is 42.0 Å². The zero-order chi connectivity index (χ0) is 43.3. The molecule has 0 aromatic heterocycles. The smallest absolute Gasteiger partial charge is 0.408 e. The van der Waals surface area contributed by atoms with E-state index >= 15 is 0 Å². The van der Waals surface area contributed by atoms with Gasteiger partial charge < -0.3 is 50.8 Å². The van der Waals surface area contributed by atoms with Gasteiger partial charge in [0, 0.05) is 19.6 Å². The number of Topliss-reactive ketones (excluding diaryl/α,β-unsaturated/α-hetero) is 1. The summed E-state index contributed by atoms with van der Waals surface area (Å²) in [6.45, 7) is 23.1. The van der Waals surface area contributed by atoms with E-state index in [-0.39, 0.29) is 31.6 Å². The minimum absolute atomic E-state index is 0.219. The van der Waals surface area contributed by atoms with Crippen LogP contribution in [0.1, 0.15) is 148 Å². The molecule has 3 atom stereocenters. The number of alkyl carbamates (subject to hydrolysis) is 4. The molecular weight excluding hydrogens is 728 g/mol. The van der Waals surface area contributed by atoms with Crippen molar-refractivity contribution in [2.75, 3.05) is 19.6 Å². The third-order valence-electron chi connectivity index (χ3n) is 7.22. The van der Waals surface area contributed by atoms with Gasteiger partial charge in [0.15, 0.2) is 5.78 Å². The second kappa shape index (κ2) is 24.4. The van der Waals surface area contributed by atoms with Crippen LogP contribution in [-0.2, 0) is 33.3 Å². The maximum Gasteiger partial charge on any atom is 0.408 e. The van der Waals surface area contributed by atoms with Crippen LogP contribution in [0.2, 0.25) is 0 Å². The van der Waals surface area contributed by atoms with Crippen LogP contribution in [0.15, 0.2) is 0 Å². The van der Waals surface area contributed by atoms with Gasteiger partial charge in [0.1, 0.15) is 34.5 Å². The summed E-state index contributed by atoms with van der Waals surface area (Å²) < 4.78 is 21.1. The molecule has 0 saturated heterocycles. The number of ketones is 1. The van der Waals surface area contributed by atoms with E-state index < -0.39 is 76.7 Å². The summed E-state index contributed by atoms with van der Waals surface area (Å²) in [5, 5.41) is 16.1. The number of carbonyl (C=O) groups is 7. The Balaban J connectivity index is 5.23. The Hall–Kier alpha value is -4.31. The summed E-state index contributed by atoms with van der Waals surface area (Å²) in [5.41, 5.74) is -2.83. The summed E-state index contributed by atoms with van der Waals surface area (Å²) in [6, 6.07) is -2.74. The van der Waals surface area contributed by atoms with Gasteiger partial charge >= 0.3 is 24.4 Å². The first-order valence-electron chi connectivity index (χ1n) is 19.6. The molecule has 0 spiro atoms. The second-order valence-electron chi connectivity index (χ2n) is 17.7. The molecule has 0 aromatic carbocycles. The molecule has 324 valence electrons. The van der Waals surface area contributed by atoms with E-state index in [9.17, 15) is 33.6 Å². The fourth-order valence-electron chi connectivity index (χ4n) is 4.85. The molecule has 3 unspecified atom stereocenters. The lowest BCUT2D eigenvalue weighted by Crippen LogP contribution is -2.52. The van der Waals surface area contributed by atoms with Gasteiger partial charge in [0.2, 0.25) is 11.8 Å². The number of hydrogen-bond donors (Lipinski definition) is 6. The van der Waals surface area contributed by atoms with E-state index in [1.165, 1.54) is 6.92 Å². The quantitative estimate of drug-likeness (QED) is 0.0625. The van der Waals surface area contributed by atoms with Crippen LogP contribution >= 0.6 is 0 Å². The van der Waals surface area contributed by atoms with Crippen LogP contribution in [0.5, 0.6) is 0 Å². The van der Waals surface area contributed by atoms with E-state index in [4.69, 9.17) is 18.9 Å². The first kappa shape index (κ1) is 51.7. The molecule has 0 aliphatic rings. The number of ether oxygens (including phenoxy) is 4. The van der Waals surface area contributed by atoms with Gasteiger partial charge in [-0.1, -0.05) is 0 Å². The van der Waals surface area contributed by atoms with Crippen LogP contribution in [0.3, 0.4) is 0 Å². The van der Waals surface area contributed by atoms with Crippen molar-refractivity contribution in [1.29, 1.82) is 0 Å². The van der Waals surface area contributed by atoms with Gasteiger partial charge in [-0.05, 0) is 148 Å². The minimum Gasteiger partial charge on any atom is -0.444 e. The molecule has 0 aromatic rings. The molecule has 56 heavy (non-hydrogen) atoms. The Bertz CT molecular complexity index is 1280. The molecule has 17 nitrogen and oxygen atoms in total. The fraction of sp³-hybridized carbons (Fsp3) is 0.821. The van der Waals surface area contributed by atoms with Gasteiger partial charge in [-0.2, -0.15) is 0 Å². The van der Waals surface area contributed by atoms with Gasteiger partial charge in [0.25, 0.3) is 0 Å². The fourth-order valence-corrected chi connectivity index (χ4v) is 4.85. The highest BCUT2D eigenvalue weighted by Crippen LogP contribution is 2.12. The molecule has 0 fully saturated rings. The van der Waals surface area contributed by atoms with Crippen molar-refractivity contribution in [3.63, 3.8) is 0 Å². The molecular formula is C39H72N6O11. The maximum absolute atomic E-state index is 13.4. The summed E-state index contributed by atoms with van der Waals surface area (Å²) in [6.07, 6.45) is 1.12. The molecule has 17 heteroatoms. The van der Waals surface area contributed by atoms with Crippen molar-refractivity contribution in [2.45, 2.75) is 188 Å². The highest BCUT2D eigenvalue weighted by molar-refractivity contribution is 5.91. The molecule has 0 radical (unpaired) electrons. The molecule has 0 saturated carbocycles. The van der Waals surface area contributed by atoms with Gasteiger partial charge in [0.05, 0.1) is 6.04 Å². The Morgan fingerprint density at radius 1 is 0.393 bits per heavy atom. The largest absolute Gasteiger partial charge is 0.444 e. The number of unbranched alkanes of at least 4 members (excludes halogenated alkanes) is 3. The Morgan fingerprint density at radius 3 is 1.04 bits per heavy atom. The topological polar surface area (TPSA) is 229 Å². The van der Waals surface area contributed by atoms with Gasteiger partial charge in [-0.25, -0.2) is 19.2 Å². The predicted octanol–water partition coefficient (Wildman–Crippen LogP) is 5.52. The van der Waals surface area contributed by atoms with Crippen LogP contribution in [0.25, 0.3) is 0 Å². The lowest BCUT2D eigenvalue weighted by molar-refractivity contribution is -0.128. The third-order valence-corrected chi connectivity index (χ3v) is 7.22. The van der Waals surface area contributed by atoms with Crippen molar-refractivity contribution in [3.8, 4) is 0 Å². The molecule has 6 amide bonds. The van der Waals surface area contributed by atoms with Crippen LogP contribution in [-0.4, -0.2) is 102 Å². The van der Waals surface area contributed by atoms with E-state index in [1.807, 2.05) is 0 Å². The maximum atomic E-state index is 13.4. The number of carbonyl (C=O) groups excluding carboxylic acids is 7. The predicted molar refractivity (Wildman–Crippen MR) is 212 cm³/mol. The molecule has 0 heterocycles.